The third kappa shape index (κ3) is 3.91. The number of aryl methyl sites for hydroxylation is 1. The van der Waals surface area contributed by atoms with E-state index in [4.69, 9.17) is 9.84 Å². The summed E-state index contributed by atoms with van der Waals surface area (Å²) in [6.45, 7) is 3.66. The van der Waals surface area contributed by atoms with Crippen LogP contribution in [0.5, 0.6) is 5.75 Å². The van der Waals surface area contributed by atoms with Crippen LogP contribution < -0.4 is 4.74 Å². The summed E-state index contributed by atoms with van der Waals surface area (Å²) >= 11 is 0. The Hall–Kier alpha value is -3.82. The summed E-state index contributed by atoms with van der Waals surface area (Å²) in [5, 5.41) is 8.90. The van der Waals surface area contributed by atoms with Crippen LogP contribution in [-0.4, -0.2) is 59.9 Å². The van der Waals surface area contributed by atoms with E-state index in [0.717, 1.165) is 29.0 Å². The lowest BCUT2D eigenvalue weighted by Gasteiger charge is -2.17. The number of rotatable bonds is 6. The fourth-order valence-electron chi connectivity index (χ4n) is 4.08. The molecule has 1 saturated heterocycles. The number of aromatic nitrogens is 6. The molecule has 1 aliphatic heterocycles. The zero-order chi connectivity index (χ0) is 22.1. The van der Waals surface area contributed by atoms with Crippen LogP contribution in [0.3, 0.4) is 0 Å². The molecule has 32 heavy (non-hydrogen) atoms. The van der Waals surface area contributed by atoms with E-state index >= 15 is 0 Å². The first kappa shape index (κ1) is 20.1. The maximum absolute atomic E-state index is 13.0. The van der Waals surface area contributed by atoms with Crippen molar-refractivity contribution in [1.29, 1.82) is 0 Å². The second-order valence-corrected chi connectivity index (χ2v) is 7.83. The smallest absolute Gasteiger partial charge is 0.260 e. The summed E-state index contributed by atoms with van der Waals surface area (Å²) in [6.07, 6.45) is 5.79. The van der Waals surface area contributed by atoms with Crippen LogP contribution in [0, 0.1) is 12.7 Å². The fraction of sp³-hybridized carbons (Fsp3) is 0.318. The van der Waals surface area contributed by atoms with E-state index in [2.05, 4.69) is 15.1 Å². The molecule has 0 aliphatic carbocycles. The monoisotopic (exact) mass is 435 g/mol. The molecule has 5 rings (SSSR count). The molecule has 1 atom stereocenters. The molecule has 4 heterocycles. The molecule has 10 heteroatoms. The minimum atomic E-state index is -0.340. The van der Waals surface area contributed by atoms with Gasteiger partial charge in [0.25, 0.3) is 5.91 Å². The van der Waals surface area contributed by atoms with Crippen molar-refractivity contribution in [3.05, 3.63) is 72.0 Å². The van der Waals surface area contributed by atoms with Gasteiger partial charge in [0.15, 0.2) is 12.3 Å². The lowest BCUT2D eigenvalue weighted by atomic mass is 10.0. The quantitative estimate of drug-likeness (QED) is 0.461. The first-order chi connectivity index (χ1) is 15.6. The highest BCUT2D eigenvalue weighted by Crippen LogP contribution is 2.28. The maximum Gasteiger partial charge on any atom is 0.260 e. The molecule has 1 aromatic carbocycles. The fourth-order valence-corrected chi connectivity index (χ4v) is 4.08. The van der Waals surface area contributed by atoms with E-state index < -0.39 is 0 Å². The van der Waals surface area contributed by atoms with Crippen molar-refractivity contribution in [2.45, 2.75) is 25.8 Å². The van der Waals surface area contributed by atoms with E-state index in [1.807, 2.05) is 17.5 Å². The van der Waals surface area contributed by atoms with E-state index in [9.17, 15) is 9.18 Å². The molecule has 1 fully saturated rings. The van der Waals surface area contributed by atoms with Gasteiger partial charge < -0.3 is 9.64 Å². The number of hydrogen-bond acceptors (Lipinski definition) is 6. The van der Waals surface area contributed by atoms with Crippen LogP contribution >= 0.6 is 0 Å². The van der Waals surface area contributed by atoms with Crippen molar-refractivity contribution >= 4 is 11.6 Å². The number of likely N-dealkylation sites (tertiary alicyclic amines) is 1. The summed E-state index contributed by atoms with van der Waals surface area (Å²) in [5.74, 6) is 0.186. The predicted molar refractivity (Wildman–Crippen MR) is 113 cm³/mol. The van der Waals surface area contributed by atoms with Crippen molar-refractivity contribution in [2.24, 2.45) is 0 Å². The number of hydrogen-bond donors (Lipinski definition) is 0. The topological polar surface area (TPSA) is 90.4 Å². The number of halogens is 1. The standard InChI is InChI=1S/C22H22FN7O2/c1-15-19(11-29-14-24-13-26-29)22-25-8-6-20(30(22)27-15)16-7-9-28(10-16)21(31)12-32-18-4-2-17(23)3-5-18/h2-6,8,13-14,16H,7,9-12H2,1H3/t16-/m0/s1. The second kappa shape index (κ2) is 8.37. The molecule has 164 valence electrons. The Bertz CT molecular complexity index is 1240. The zero-order valence-corrected chi connectivity index (χ0v) is 17.6. The molecular formula is C22H22FN7O2. The van der Waals surface area contributed by atoms with Gasteiger partial charge in [-0.3, -0.25) is 4.79 Å². The number of nitrogens with zero attached hydrogens (tertiary/aromatic N) is 7. The average molecular weight is 435 g/mol. The number of ether oxygens (including phenoxy) is 1. The number of benzene rings is 1. The predicted octanol–water partition coefficient (Wildman–Crippen LogP) is 2.21. The van der Waals surface area contributed by atoms with Gasteiger partial charge in [-0.2, -0.15) is 10.2 Å². The Kier molecular flexibility index (Phi) is 5.26. The highest BCUT2D eigenvalue weighted by molar-refractivity contribution is 5.78. The van der Waals surface area contributed by atoms with E-state index in [-0.39, 0.29) is 24.2 Å². The number of fused-ring (bicyclic) bond motifs is 1. The molecule has 0 spiro atoms. The largest absolute Gasteiger partial charge is 0.484 e. The Balaban J connectivity index is 1.29. The van der Waals surface area contributed by atoms with Gasteiger partial charge in [0, 0.05) is 30.8 Å². The van der Waals surface area contributed by atoms with Gasteiger partial charge >= 0.3 is 0 Å². The minimum Gasteiger partial charge on any atom is -0.484 e. The SMILES string of the molecule is Cc1nn2c([C@H]3CCN(C(=O)COc4ccc(F)cc4)C3)ccnc2c1Cn1cncn1. The number of carbonyl (C=O) groups excluding carboxylic acids is 1. The van der Waals surface area contributed by atoms with Crippen LogP contribution in [0.25, 0.3) is 5.65 Å². The summed E-state index contributed by atoms with van der Waals surface area (Å²) in [7, 11) is 0. The molecule has 0 unspecified atom stereocenters. The van der Waals surface area contributed by atoms with Crippen molar-refractivity contribution in [3.63, 3.8) is 0 Å². The summed E-state index contributed by atoms with van der Waals surface area (Å²) in [6, 6.07) is 7.61. The Morgan fingerprint density at radius 2 is 2.09 bits per heavy atom. The molecule has 4 aromatic rings. The molecular weight excluding hydrogens is 413 g/mol. The highest BCUT2D eigenvalue weighted by Gasteiger charge is 2.30. The summed E-state index contributed by atoms with van der Waals surface area (Å²) < 4.78 is 22.2. The van der Waals surface area contributed by atoms with Gasteiger partial charge in [0.05, 0.1) is 17.9 Å². The Morgan fingerprint density at radius 1 is 1.25 bits per heavy atom. The third-order valence-electron chi connectivity index (χ3n) is 5.77. The average Bonchev–Trinajstić information content (AvgIpc) is 3.54. The van der Waals surface area contributed by atoms with Crippen LogP contribution in [0.2, 0.25) is 0 Å². The lowest BCUT2D eigenvalue weighted by Crippen LogP contribution is -2.33. The minimum absolute atomic E-state index is 0.0763. The lowest BCUT2D eigenvalue weighted by molar-refractivity contribution is -0.132. The zero-order valence-electron chi connectivity index (χ0n) is 17.6. The maximum atomic E-state index is 13.0. The van der Waals surface area contributed by atoms with Crippen LogP contribution in [-0.2, 0) is 11.3 Å². The van der Waals surface area contributed by atoms with E-state index in [1.165, 1.54) is 30.6 Å². The molecule has 0 N–H and O–H groups in total. The molecule has 0 radical (unpaired) electrons. The number of carbonyl (C=O) groups is 1. The summed E-state index contributed by atoms with van der Waals surface area (Å²) in [5.41, 5.74) is 3.70. The van der Waals surface area contributed by atoms with Crippen LogP contribution in [0.4, 0.5) is 4.39 Å². The van der Waals surface area contributed by atoms with Gasteiger partial charge in [-0.1, -0.05) is 0 Å². The van der Waals surface area contributed by atoms with Gasteiger partial charge in [0.2, 0.25) is 0 Å². The second-order valence-electron chi connectivity index (χ2n) is 7.83. The van der Waals surface area contributed by atoms with Crippen LogP contribution in [0.1, 0.15) is 29.3 Å². The van der Waals surface area contributed by atoms with Crippen molar-refractivity contribution in [2.75, 3.05) is 19.7 Å². The van der Waals surface area contributed by atoms with Gasteiger partial charge in [-0.15, -0.1) is 0 Å². The Labute approximate surface area is 183 Å². The normalized spacial score (nSPS) is 16.1. The van der Waals surface area contributed by atoms with E-state index in [0.29, 0.717) is 25.4 Å². The summed E-state index contributed by atoms with van der Waals surface area (Å²) in [4.78, 5) is 23.0. The number of amides is 1. The van der Waals surface area contributed by atoms with Crippen molar-refractivity contribution in [1.82, 2.24) is 34.3 Å². The first-order valence-electron chi connectivity index (χ1n) is 10.4. The third-order valence-corrected chi connectivity index (χ3v) is 5.77. The molecule has 1 aliphatic rings. The van der Waals surface area contributed by atoms with Gasteiger partial charge in [-0.25, -0.2) is 23.6 Å². The van der Waals surface area contributed by atoms with E-state index in [1.54, 1.807) is 22.1 Å². The van der Waals surface area contributed by atoms with Crippen LogP contribution in [0.15, 0.2) is 49.2 Å². The molecule has 3 aromatic heterocycles. The Morgan fingerprint density at radius 3 is 2.88 bits per heavy atom. The first-order valence-corrected chi connectivity index (χ1v) is 10.4. The van der Waals surface area contributed by atoms with Crippen molar-refractivity contribution < 1.29 is 13.9 Å². The molecule has 0 saturated carbocycles. The molecule has 1 amide bonds. The molecule has 9 nitrogen and oxygen atoms in total. The van der Waals surface area contributed by atoms with Crippen molar-refractivity contribution in [3.8, 4) is 5.75 Å². The van der Waals surface area contributed by atoms with Gasteiger partial charge in [-0.05, 0) is 43.7 Å². The molecule has 0 bridgehead atoms. The van der Waals surface area contributed by atoms with Gasteiger partial charge in [0.1, 0.15) is 24.2 Å². The highest BCUT2D eigenvalue weighted by atomic mass is 19.1.